The van der Waals surface area contributed by atoms with Crippen molar-refractivity contribution in [1.82, 2.24) is 10.2 Å². The zero-order valence-corrected chi connectivity index (χ0v) is 11.4. The molecule has 0 bridgehead atoms. The second kappa shape index (κ2) is 3.95. The lowest BCUT2D eigenvalue weighted by molar-refractivity contribution is -0.132. The fraction of sp³-hybridized carbons (Fsp3) is 0.909. The van der Waals surface area contributed by atoms with Crippen LogP contribution in [0.1, 0.15) is 33.1 Å². The zero-order chi connectivity index (χ0) is 12.8. The first-order valence-electron chi connectivity index (χ1n) is 6.07. The molecule has 1 N–H and O–H groups in total. The second-order valence-electron chi connectivity index (χ2n) is 5.30. The zero-order valence-electron chi connectivity index (χ0n) is 10.6. The Balaban J connectivity index is 2.15. The van der Waals surface area contributed by atoms with Crippen LogP contribution in [0.4, 0.5) is 0 Å². The Hall–Kier alpha value is -0.620. The van der Waals surface area contributed by atoms with E-state index in [0.29, 0.717) is 0 Å². The smallest absolute Gasteiger partial charge is 0.244 e. The summed E-state index contributed by atoms with van der Waals surface area (Å²) in [5.41, 5.74) is -0.355. The molecular weight excluding hydrogens is 240 g/mol. The SMILES string of the molecule is CCC1NC2(CC2)C(=O)N1C(C)CS(C)(=O)=O. The van der Waals surface area contributed by atoms with E-state index in [0.717, 1.165) is 19.3 Å². The van der Waals surface area contributed by atoms with E-state index < -0.39 is 9.84 Å². The number of carbonyl (C=O) groups excluding carboxylic acids is 1. The van der Waals surface area contributed by atoms with Gasteiger partial charge in [-0.25, -0.2) is 8.42 Å². The predicted molar refractivity (Wildman–Crippen MR) is 65.2 cm³/mol. The van der Waals surface area contributed by atoms with Crippen molar-refractivity contribution in [1.29, 1.82) is 0 Å². The van der Waals surface area contributed by atoms with E-state index >= 15 is 0 Å². The first-order valence-corrected chi connectivity index (χ1v) is 8.13. The molecule has 2 aliphatic rings. The quantitative estimate of drug-likeness (QED) is 0.779. The van der Waals surface area contributed by atoms with Crippen molar-refractivity contribution in [2.45, 2.75) is 50.9 Å². The average Bonchev–Trinajstić information content (AvgIpc) is 2.88. The van der Waals surface area contributed by atoms with E-state index in [1.165, 1.54) is 6.26 Å². The molecule has 0 aromatic heterocycles. The third-order valence-corrected chi connectivity index (χ3v) is 4.67. The standard InChI is InChI=1S/C11H20N2O3S/c1-4-9-12-11(5-6-11)10(14)13(9)8(2)7-17(3,15)16/h8-9,12H,4-7H2,1-3H3. The van der Waals surface area contributed by atoms with Crippen molar-refractivity contribution in [3.63, 3.8) is 0 Å². The Kier molecular flexibility index (Phi) is 2.98. The summed E-state index contributed by atoms with van der Waals surface area (Å²) in [4.78, 5) is 14.0. The summed E-state index contributed by atoms with van der Waals surface area (Å²) in [7, 11) is -3.05. The molecule has 1 heterocycles. The molecule has 1 aliphatic heterocycles. The van der Waals surface area contributed by atoms with Crippen LogP contribution in [-0.4, -0.2) is 49.0 Å². The molecule has 98 valence electrons. The molecular formula is C11H20N2O3S. The molecule has 2 unspecified atom stereocenters. The summed E-state index contributed by atoms with van der Waals surface area (Å²) in [6.07, 6.45) is 3.77. The number of amides is 1. The second-order valence-corrected chi connectivity index (χ2v) is 7.49. The minimum atomic E-state index is -3.05. The van der Waals surface area contributed by atoms with Gasteiger partial charge in [-0.3, -0.25) is 10.1 Å². The van der Waals surface area contributed by atoms with Gasteiger partial charge in [-0.05, 0) is 26.2 Å². The number of rotatable bonds is 4. The predicted octanol–water partition coefficient (Wildman–Crippen LogP) is 0.120. The van der Waals surface area contributed by atoms with Crippen LogP contribution < -0.4 is 5.32 Å². The third-order valence-electron chi connectivity index (χ3n) is 3.58. The van der Waals surface area contributed by atoms with E-state index in [1.807, 2.05) is 13.8 Å². The topological polar surface area (TPSA) is 66.5 Å². The lowest BCUT2D eigenvalue weighted by Crippen LogP contribution is -2.45. The van der Waals surface area contributed by atoms with Gasteiger partial charge >= 0.3 is 0 Å². The summed E-state index contributed by atoms with van der Waals surface area (Å²) >= 11 is 0. The highest BCUT2D eigenvalue weighted by molar-refractivity contribution is 7.90. The van der Waals surface area contributed by atoms with Crippen LogP contribution in [0, 0.1) is 0 Å². The van der Waals surface area contributed by atoms with Gasteiger partial charge in [-0.15, -0.1) is 0 Å². The molecule has 1 spiro atoms. The van der Waals surface area contributed by atoms with Gasteiger partial charge in [0.25, 0.3) is 0 Å². The highest BCUT2D eigenvalue weighted by Gasteiger charge is 2.59. The van der Waals surface area contributed by atoms with Crippen molar-refractivity contribution >= 4 is 15.7 Å². The van der Waals surface area contributed by atoms with E-state index in [-0.39, 0.29) is 29.4 Å². The maximum atomic E-state index is 12.3. The highest BCUT2D eigenvalue weighted by Crippen LogP contribution is 2.43. The van der Waals surface area contributed by atoms with Crippen LogP contribution in [0.5, 0.6) is 0 Å². The van der Waals surface area contributed by atoms with Crippen LogP contribution in [0.3, 0.4) is 0 Å². The molecule has 17 heavy (non-hydrogen) atoms. The Morgan fingerprint density at radius 1 is 1.53 bits per heavy atom. The number of hydrogen-bond donors (Lipinski definition) is 1. The van der Waals surface area contributed by atoms with Crippen molar-refractivity contribution in [2.24, 2.45) is 0 Å². The van der Waals surface area contributed by atoms with Crippen molar-refractivity contribution in [2.75, 3.05) is 12.0 Å². The van der Waals surface area contributed by atoms with Gasteiger partial charge in [-0.2, -0.15) is 0 Å². The van der Waals surface area contributed by atoms with Crippen LogP contribution in [-0.2, 0) is 14.6 Å². The van der Waals surface area contributed by atoms with E-state index in [1.54, 1.807) is 4.90 Å². The Morgan fingerprint density at radius 2 is 2.12 bits per heavy atom. The molecule has 1 amide bonds. The average molecular weight is 260 g/mol. The van der Waals surface area contributed by atoms with Gasteiger partial charge in [0.05, 0.1) is 17.5 Å². The first kappa shape index (κ1) is 12.8. The van der Waals surface area contributed by atoms with Crippen LogP contribution in [0.2, 0.25) is 0 Å². The summed E-state index contributed by atoms with van der Waals surface area (Å²) in [5.74, 6) is 0.119. The maximum absolute atomic E-state index is 12.3. The van der Waals surface area contributed by atoms with Crippen molar-refractivity contribution < 1.29 is 13.2 Å². The van der Waals surface area contributed by atoms with Crippen LogP contribution in [0.25, 0.3) is 0 Å². The van der Waals surface area contributed by atoms with Crippen molar-refractivity contribution in [3.05, 3.63) is 0 Å². The fourth-order valence-electron chi connectivity index (χ4n) is 2.65. The summed E-state index contributed by atoms with van der Waals surface area (Å²) in [5, 5.41) is 3.34. The Labute approximate surface area is 102 Å². The molecule has 2 rings (SSSR count). The van der Waals surface area contributed by atoms with Gasteiger partial charge in [-0.1, -0.05) is 6.92 Å². The lowest BCUT2D eigenvalue weighted by Gasteiger charge is -2.29. The monoisotopic (exact) mass is 260 g/mol. The molecule has 1 aliphatic carbocycles. The molecule has 6 heteroatoms. The van der Waals surface area contributed by atoms with E-state index in [4.69, 9.17) is 0 Å². The minimum Gasteiger partial charge on any atom is -0.322 e. The molecule has 0 radical (unpaired) electrons. The molecule has 1 saturated heterocycles. The van der Waals surface area contributed by atoms with Gasteiger partial charge in [0.15, 0.2) is 0 Å². The summed E-state index contributed by atoms with van der Waals surface area (Å²) < 4.78 is 22.6. The molecule has 1 saturated carbocycles. The normalized spacial score (nSPS) is 28.8. The van der Waals surface area contributed by atoms with Gasteiger partial charge in [0, 0.05) is 12.3 Å². The number of nitrogens with zero attached hydrogens (tertiary/aromatic N) is 1. The maximum Gasteiger partial charge on any atom is 0.244 e. The van der Waals surface area contributed by atoms with Crippen LogP contribution >= 0.6 is 0 Å². The molecule has 2 fully saturated rings. The number of carbonyl (C=O) groups is 1. The molecule has 2 atom stereocenters. The molecule has 5 nitrogen and oxygen atoms in total. The lowest BCUT2D eigenvalue weighted by atomic mass is 10.2. The highest BCUT2D eigenvalue weighted by atomic mass is 32.2. The first-order chi connectivity index (χ1) is 7.79. The van der Waals surface area contributed by atoms with E-state index in [9.17, 15) is 13.2 Å². The third kappa shape index (κ3) is 2.33. The Morgan fingerprint density at radius 3 is 2.53 bits per heavy atom. The fourth-order valence-corrected chi connectivity index (χ4v) is 3.68. The van der Waals surface area contributed by atoms with Crippen LogP contribution in [0.15, 0.2) is 0 Å². The number of nitrogens with one attached hydrogen (secondary N) is 1. The summed E-state index contributed by atoms with van der Waals surface area (Å²) in [6.45, 7) is 3.82. The van der Waals surface area contributed by atoms with Gasteiger partial charge < -0.3 is 4.90 Å². The van der Waals surface area contributed by atoms with E-state index in [2.05, 4.69) is 5.32 Å². The van der Waals surface area contributed by atoms with Crippen molar-refractivity contribution in [3.8, 4) is 0 Å². The summed E-state index contributed by atoms with van der Waals surface area (Å²) in [6, 6.07) is -0.255. The Bertz CT molecular complexity index is 428. The molecule has 0 aromatic rings. The molecule has 0 aromatic carbocycles. The number of hydrogen-bond acceptors (Lipinski definition) is 4. The van der Waals surface area contributed by atoms with Gasteiger partial charge in [0.2, 0.25) is 5.91 Å². The minimum absolute atomic E-state index is 0.0123. The van der Waals surface area contributed by atoms with Gasteiger partial charge in [0.1, 0.15) is 9.84 Å². The largest absolute Gasteiger partial charge is 0.322 e. The number of sulfone groups is 1.